The molecule has 2 rings (SSSR count). The molecule has 1 fully saturated rings. The number of nitrogens with two attached hydrogens (primary N) is 1. The first-order chi connectivity index (χ1) is 8.94. The summed E-state index contributed by atoms with van der Waals surface area (Å²) in [6.45, 7) is 2.54. The highest BCUT2D eigenvalue weighted by Crippen LogP contribution is 2.27. The molecule has 1 aliphatic rings. The first-order valence-corrected chi connectivity index (χ1v) is 8.29. The van der Waals surface area contributed by atoms with Gasteiger partial charge in [0.1, 0.15) is 0 Å². The molecule has 1 saturated carbocycles. The lowest BCUT2D eigenvalue weighted by Gasteiger charge is -2.25. The molecule has 3 N–H and O–H groups in total. The molecule has 0 saturated heterocycles. The third-order valence-electron chi connectivity index (χ3n) is 3.73. The zero-order chi connectivity index (χ0) is 14.0. The van der Waals surface area contributed by atoms with Crippen LogP contribution in [0.2, 0.25) is 5.02 Å². The maximum Gasteiger partial charge on any atom is 0.240 e. The molecule has 0 heterocycles. The van der Waals surface area contributed by atoms with Crippen LogP contribution in [0.25, 0.3) is 0 Å². The molecule has 0 atom stereocenters. The number of halogens is 1. The van der Waals surface area contributed by atoms with Crippen LogP contribution in [0.4, 0.5) is 0 Å². The van der Waals surface area contributed by atoms with E-state index in [0.29, 0.717) is 23.0 Å². The van der Waals surface area contributed by atoms with Crippen molar-refractivity contribution in [3.8, 4) is 0 Å². The van der Waals surface area contributed by atoms with Crippen molar-refractivity contribution >= 4 is 21.6 Å². The summed E-state index contributed by atoms with van der Waals surface area (Å²) >= 11 is 5.96. The molecular weight excluding hydrogens is 284 g/mol. The number of nitrogens with one attached hydrogen (secondary N) is 1. The average molecular weight is 303 g/mol. The van der Waals surface area contributed by atoms with Crippen LogP contribution in [-0.4, -0.2) is 15.0 Å². The van der Waals surface area contributed by atoms with Crippen LogP contribution in [0.15, 0.2) is 17.0 Å². The molecular formula is C13H19ClN2O2S. The Kier molecular flexibility index (Phi) is 4.50. The van der Waals surface area contributed by atoms with E-state index < -0.39 is 10.0 Å². The maximum atomic E-state index is 12.3. The SMILES string of the molecule is Cc1c(CN)cc(Cl)cc1S(=O)(=O)NCC1CCC1. The molecule has 0 radical (unpaired) electrons. The van der Waals surface area contributed by atoms with Crippen LogP contribution in [-0.2, 0) is 16.6 Å². The number of rotatable bonds is 5. The zero-order valence-corrected chi connectivity index (χ0v) is 12.5. The summed E-state index contributed by atoms with van der Waals surface area (Å²) in [4.78, 5) is 0.236. The maximum absolute atomic E-state index is 12.3. The van der Waals surface area contributed by atoms with E-state index in [-0.39, 0.29) is 11.4 Å². The Morgan fingerprint density at radius 2 is 2.11 bits per heavy atom. The van der Waals surface area contributed by atoms with Gasteiger partial charge >= 0.3 is 0 Å². The second-order valence-electron chi connectivity index (χ2n) is 5.04. The third-order valence-corrected chi connectivity index (χ3v) is 5.50. The number of sulfonamides is 1. The van der Waals surface area contributed by atoms with Crippen LogP contribution in [0.3, 0.4) is 0 Å². The first-order valence-electron chi connectivity index (χ1n) is 6.43. The standard InChI is InChI=1S/C13H19ClN2O2S/c1-9-11(7-15)5-12(14)6-13(9)19(17,18)16-8-10-3-2-4-10/h5-6,10,16H,2-4,7-8,15H2,1H3. The summed E-state index contributed by atoms with van der Waals surface area (Å²) < 4.78 is 27.3. The molecule has 0 amide bonds. The van der Waals surface area contributed by atoms with Crippen molar-refractivity contribution in [2.24, 2.45) is 11.7 Å². The van der Waals surface area contributed by atoms with Gasteiger partial charge in [-0.25, -0.2) is 13.1 Å². The summed E-state index contributed by atoms with van der Waals surface area (Å²) in [7, 11) is -3.51. The minimum Gasteiger partial charge on any atom is -0.326 e. The molecule has 19 heavy (non-hydrogen) atoms. The van der Waals surface area contributed by atoms with Gasteiger partial charge in [-0.15, -0.1) is 0 Å². The van der Waals surface area contributed by atoms with Crippen molar-refractivity contribution < 1.29 is 8.42 Å². The fourth-order valence-electron chi connectivity index (χ4n) is 2.20. The Labute approximate surface area is 119 Å². The molecule has 1 aromatic rings. The van der Waals surface area contributed by atoms with Gasteiger partial charge in [-0.2, -0.15) is 0 Å². The zero-order valence-electron chi connectivity index (χ0n) is 10.9. The fraction of sp³-hybridized carbons (Fsp3) is 0.538. The van der Waals surface area contributed by atoms with Crippen LogP contribution in [0.5, 0.6) is 0 Å². The van der Waals surface area contributed by atoms with Gasteiger partial charge < -0.3 is 5.73 Å². The third kappa shape index (κ3) is 3.28. The molecule has 0 spiro atoms. The smallest absolute Gasteiger partial charge is 0.240 e. The molecule has 6 heteroatoms. The van der Waals surface area contributed by atoms with Crippen LogP contribution < -0.4 is 10.5 Å². The second kappa shape index (κ2) is 5.79. The molecule has 0 aromatic heterocycles. The minimum atomic E-state index is -3.51. The Balaban J connectivity index is 2.25. The quantitative estimate of drug-likeness (QED) is 0.875. The van der Waals surface area contributed by atoms with Gasteiger partial charge in [0.15, 0.2) is 0 Å². The second-order valence-corrected chi connectivity index (χ2v) is 7.21. The van der Waals surface area contributed by atoms with E-state index in [1.54, 1.807) is 13.0 Å². The van der Waals surface area contributed by atoms with E-state index in [2.05, 4.69) is 4.72 Å². The van der Waals surface area contributed by atoms with E-state index in [9.17, 15) is 8.42 Å². The van der Waals surface area contributed by atoms with Crippen LogP contribution in [0.1, 0.15) is 30.4 Å². The van der Waals surface area contributed by atoms with E-state index in [4.69, 9.17) is 17.3 Å². The van der Waals surface area contributed by atoms with E-state index in [1.807, 2.05) is 0 Å². The highest BCUT2D eigenvalue weighted by Gasteiger charge is 2.23. The van der Waals surface area contributed by atoms with Gasteiger partial charge in [-0.1, -0.05) is 18.0 Å². The molecule has 4 nitrogen and oxygen atoms in total. The average Bonchev–Trinajstić information content (AvgIpc) is 2.29. The monoisotopic (exact) mass is 302 g/mol. The van der Waals surface area contributed by atoms with Gasteiger partial charge in [-0.05, 0) is 48.9 Å². The normalized spacial score (nSPS) is 16.4. The lowest BCUT2D eigenvalue weighted by atomic mass is 9.86. The highest BCUT2D eigenvalue weighted by molar-refractivity contribution is 7.89. The largest absolute Gasteiger partial charge is 0.326 e. The Morgan fingerprint density at radius 1 is 1.42 bits per heavy atom. The predicted octanol–water partition coefficient (Wildman–Crippen LogP) is 2.19. The Hall–Kier alpha value is -0.620. The predicted molar refractivity (Wildman–Crippen MR) is 76.6 cm³/mol. The van der Waals surface area contributed by atoms with Crippen LogP contribution >= 0.6 is 11.6 Å². The summed E-state index contributed by atoms with van der Waals surface area (Å²) in [6, 6.07) is 3.20. The van der Waals surface area contributed by atoms with Crippen molar-refractivity contribution in [3.63, 3.8) is 0 Å². The number of hydrogen-bond acceptors (Lipinski definition) is 3. The van der Waals surface area contributed by atoms with E-state index in [1.165, 1.54) is 12.5 Å². The highest BCUT2D eigenvalue weighted by atomic mass is 35.5. The summed E-state index contributed by atoms with van der Waals surface area (Å²) in [5.41, 5.74) is 7.05. The van der Waals surface area contributed by atoms with E-state index >= 15 is 0 Å². The topological polar surface area (TPSA) is 72.2 Å². The molecule has 0 aliphatic heterocycles. The lowest BCUT2D eigenvalue weighted by molar-refractivity contribution is 0.316. The fourth-order valence-corrected chi connectivity index (χ4v) is 3.93. The Morgan fingerprint density at radius 3 is 2.63 bits per heavy atom. The van der Waals surface area contributed by atoms with E-state index in [0.717, 1.165) is 18.4 Å². The van der Waals surface area contributed by atoms with Gasteiger partial charge in [-0.3, -0.25) is 0 Å². The van der Waals surface area contributed by atoms with Crippen molar-refractivity contribution in [2.75, 3.05) is 6.54 Å². The van der Waals surface area contributed by atoms with Crippen molar-refractivity contribution in [3.05, 3.63) is 28.3 Å². The minimum absolute atomic E-state index is 0.236. The molecule has 0 unspecified atom stereocenters. The number of benzene rings is 1. The van der Waals surface area contributed by atoms with Gasteiger partial charge in [0.25, 0.3) is 0 Å². The Bertz CT molecular complexity index is 568. The van der Waals surface area contributed by atoms with Crippen molar-refractivity contribution in [1.82, 2.24) is 4.72 Å². The van der Waals surface area contributed by atoms with Gasteiger partial charge in [0, 0.05) is 18.1 Å². The first kappa shape index (κ1) is 14.8. The van der Waals surface area contributed by atoms with Crippen LogP contribution in [0, 0.1) is 12.8 Å². The molecule has 1 aromatic carbocycles. The van der Waals surface area contributed by atoms with Crippen molar-refractivity contribution in [1.29, 1.82) is 0 Å². The molecule has 106 valence electrons. The van der Waals surface area contributed by atoms with Gasteiger partial charge in [0.2, 0.25) is 10.0 Å². The summed E-state index contributed by atoms with van der Waals surface area (Å²) in [6.07, 6.45) is 3.40. The lowest BCUT2D eigenvalue weighted by Crippen LogP contribution is -2.32. The van der Waals surface area contributed by atoms with Crippen molar-refractivity contribution in [2.45, 2.75) is 37.6 Å². The summed E-state index contributed by atoms with van der Waals surface area (Å²) in [5.74, 6) is 0.475. The summed E-state index contributed by atoms with van der Waals surface area (Å²) in [5, 5.41) is 0.398. The number of hydrogen-bond donors (Lipinski definition) is 2. The molecule has 0 bridgehead atoms. The van der Waals surface area contributed by atoms with Gasteiger partial charge in [0.05, 0.1) is 4.90 Å². The molecule has 1 aliphatic carbocycles.